The summed E-state index contributed by atoms with van der Waals surface area (Å²) >= 11 is 1.34. The number of carbonyl (C=O) groups is 2. The molecule has 188 valence electrons. The molecule has 1 aliphatic heterocycles. The zero-order valence-electron chi connectivity index (χ0n) is 20.2. The molecule has 0 atom stereocenters. The summed E-state index contributed by atoms with van der Waals surface area (Å²) in [5, 5.41) is 10.6. The standard InChI is InChI=1S/C28H26FN5O2S/c29-23-10-8-21(9-11-23)19-34(28(36)25-7-4-18-37-25)20-27(35)33-16-14-32(15-17-33)26-13-12-24(30-31-26)22-5-2-1-3-6-22/h1-13,18H,14-17,19-20H2. The zero-order chi connectivity index (χ0) is 25.6. The van der Waals surface area contributed by atoms with E-state index in [0.717, 1.165) is 22.6 Å². The van der Waals surface area contributed by atoms with Gasteiger partial charge in [-0.3, -0.25) is 9.59 Å². The van der Waals surface area contributed by atoms with Crippen LogP contribution in [0.2, 0.25) is 0 Å². The van der Waals surface area contributed by atoms with E-state index < -0.39 is 0 Å². The molecule has 0 bridgehead atoms. The van der Waals surface area contributed by atoms with E-state index in [2.05, 4.69) is 15.1 Å². The molecular weight excluding hydrogens is 489 g/mol. The molecule has 1 fully saturated rings. The summed E-state index contributed by atoms with van der Waals surface area (Å²) < 4.78 is 13.4. The fourth-order valence-corrected chi connectivity index (χ4v) is 4.96. The van der Waals surface area contributed by atoms with Crippen LogP contribution in [0, 0.1) is 5.82 Å². The second-order valence-electron chi connectivity index (χ2n) is 8.78. The van der Waals surface area contributed by atoms with Crippen molar-refractivity contribution in [3.05, 3.63) is 101 Å². The fourth-order valence-electron chi connectivity index (χ4n) is 4.27. The first kappa shape index (κ1) is 24.6. The lowest BCUT2D eigenvalue weighted by molar-refractivity contribution is -0.132. The topological polar surface area (TPSA) is 69.6 Å². The first-order valence-electron chi connectivity index (χ1n) is 12.1. The SMILES string of the molecule is O=C(CN(Cc1ccc(F)cc1)C(=O)c1cccs1)N1CCN(c2ccc(-c3ccccc3)nn2)CC1. The molecule has 0 saturated carbocycles. The number of benzene rings is 2. The minimum Gasteiger partial charge on any atom is -0.352 e. The lowest BCUT2D eigenvalue weighted by Crippen LogP contribution is -2.52. The van der Waals surface area contributed by atoms with Crippen LogP contribution in [0.1, 0.15) is 15.2 Å². The molecule has 5 rings (SSSR count). The van der Waals surface area contributed by atoms with Crippen molar-refractivity contribution < 1.29 is 14.0 Å². The van der Waals surface area contributed by atoms with E-state index in [1.807, 2.05) is 53.9 Å². The highest BCUT2D eigenvalue weighted by Gasteiger charge is 2.26. The van der Waals surface area contributed by atoms with Crippen LogP contribution in [-0.2, 0) is 11.3 Å². The lowest BCUT2D eigenvalue weighted by atomic mass is 10.1. The Hall–Kier alpha value is -4.11. The summed E-state index contributed by atoms with van der Waals surface area (Å²) in [5.41, 5.74) is 2.59. The largest absolute Gasteiger partial charge is 0.352 e. The Bertz CT molecular complexity index is 1320. The number of piperazine rings is 1. The molecule has 37 heavy (non-hydrogen) atoms. The van der Waals surface area contributed by atoms with Gasteiger partial charge in [-0.25, -0.2) is 4.39 Å². The van der Waals surface area contributed by atoms with E-state index in [-0.39, 0.29) is 30.7 Å². The Morgan fingerprint density at radius 2 is 1.62 bits per heavy atom. The summed E-state index contributed by atoms with van der Waals surface area (Å²) in [5.74, 6) is 0.114. The van der Waals surface area contributed by atoms with Crippen LogP contribution in [-0.4, -0.2) is 64.5 Å². The van der Waals surface area contributed by atoms with Gasteiger partial charge in [-0.2, -0.15) is 0 Å². The molecule has 7 nitrogen and oxygen atoms in total. The Morgan fingerprint density at radius 1 is 0.865 bits per heavy atom. The fraction of sp³-hybridized carbons (Fsp3) is 0.214. The highest BCUT2D eigenvalue weighted by atomic mass is 32.1. The minimum absolute atomic E-state index is 0.0420. The van der Waals surface area contributed by atoms with Crippen molar-refractivity contribution in [1.82, 2.24) is 20.0 Å². The van der Waals surface area contributed by atoms with Crippen LogP contribution >= 0.6 is 11.3 Å². The van der Waals surface area contributed by atoms with Gasteiger partial charge in [0.1, 0.15) is 12.4 Å². The highest BCUT2D eigenvalue weighted by molar-refractivity contribution is 7.12. The predicted molar refractivity (Wildman–Crippen MR) is 142 cm³/mol. The van der Waals surface area contributed by atoms with Crippen LogP contribution < -0.4 is 4.90 Å². The Labute approximate surface area is 218 Å². The Kier molecular flexibility index (Phi) is 7.51. The number of carbonyl (C=O) groups excluding carboxylic acids is 2. The van der Waals surface area contributed by atoms with Crippen LogP contribution in [0.15, 0.2) is 84.2 Å². The van der Waals surface area contributed by atoms with Crippen molar-refractivity contribution >= 4 is 29.0 Å². The molecule has 2 amide bonds. The summed E-state index contributed by atoms with van der Waals surface area (Å²) in [6.07, 6.45) is 0. The molecule has 1 saturated heterocycles. The molecule has 4 aromatic rings. The normalized spacial score (nSPS) is 13.4. The average molecular weight is 516 g/mol. The Morgan fingerprint density at radius 3 is 2.27 bits per heavy atom. The summed E-state index contributed by atoms with van der Waals surface area (Å²) in [7, 11) is 0. The average Bonchev–Trinajstić information content (AvgIpc) is 3.49. The van der Waals surface area contributed by atoms with Crippen molar-refractivity contribution in [2.75, 3.05) is 37.6 Å². The molecular formula is C28H26FN5O2S. The maximum Gasteiger partial charge on any atom is 0.264 e. The van der Waals surface area contributed by atoms with E-state index in [1.165, 1.54) is 28.4 Å². The van der Waals surface area contributed by atoms with Crippen molar-refractivity contribution in [2.45, 2.75) is 6.54 Å². The van der Waals surface area contributed by atoms with Gasteiger partial charge in [0.05, 0.1) is 10.6 Å². The van der Waals surface area contributed by atoms with Crippen LogP contribution in [0.25, 0.3) is 11.3 Å². The van der Waals surface area contributed by atoms with E-state index in [0.29, 0.717) is 31.1 Å². The smallest absolute Gasteiger partial charge is 0.264 e. The number of nitrogens with zero attached hydrogens (tertiary/aromatic N) is 5. The number of amides is 2. The molecule has 0 N–H and O–H groups in total. The summed E-state index contributed by atoms with van der Waals surface area (Å²) in [6.45, 7) is 2.49. The molecule has 2 aromatic carbocycles. The van der Waals surface area contributed by atoms with Crippen molar-refractivity contribution in [3.8, 4) is 11.3 Å². The van der Waals surface area contributed by atoms with Gasteiger partial charge in [0.2, 0.25) is 5.91 Å². The summed E-state index contributed by atoms with van der Waals surface area (Å²) in [4.78, 5) is 32.3. The molecule has 0 aliphatic carbocycles. The van der Waals surface area contributed by atoms with E-state index in [9.17, 15) is 14.0 Å². The van der Waals surface area contributed by atoms with Crippen LogP contribution in [0.3, 0.4) is 0 Å². The molecule has 0 spiro atoms. The third kappa shape index (κ3) is 6.00. The van der Waals surface area contributed by atoms with Gasteiger partial charge >= 0.3 is 0 Å². The van der Waals surface area contributed by atoms with Crippen LogP contribution in [0.5, 0.6) is 0 Å². The van der Waals surface area contributed by atoms with Gasteiger partial charge in [-0.1, -0.05) is 48.5 Å². The number of hydrogen-bond acceptors (Lipinski definition) is 6. The number of anilines is 1. The predicted octanol–water partition coefficient (Wildman–Crippen LogP) is 4.34. The molecule has 1 aliphatic rings. The molecule has 3 heterocycles. The lowest BCUT2D eigenvalue weighted by Gasteiger charge is -2.36. The quantitative estimate of drug-likeness (QED) is 0.366. The van der Waals surface area contributed by atoms with Gasteiger partial charge in [0.25, 0.3) is 5.91 Å². The maximum atomic E-state index is 13.4. The van der Waals surface area contributed by atoms with E-state index in [4.69, 9.17) is 0 Å². The number of hydrogen-bond donors (Lipinski definition) is 0. The van der Waals surface area contributed by atoms with Crippen molar-refractivity contribution in [2.24, 2.45) is 0 Å². The van der Waals surface area contributed by atoms with Crippen LogP contribution in [0.4, 0.5) is 10.2 Å². The van der Waals surface area contributed by atoms with Gasteiger partial charge in [0.15, 0.2) is 5.82 Å². The third-order valence-corrected chi connectivity index (χ3v) is 7.17. The van der Waals surface area contributed by atoms with Gasteiger partial charge < -0.3 is 14.7 Å². The van der Waals surface area contributed by atoms with Gasteiger partial charge in [-0.15, -0.1) is 21.5 Å². The van der Waals surface area contributed by atoms with Crippen molar-refractivity contribution in [1.29, 1.82) is 0 Å². The van der Waals surface area contributed by atoms with Gasteiger partial charge in [0, 0.05) is 38.3 Å². The first-order chi connectivity index (χ1) is 18.1. The van der Waals surface area contributed by atoms with E-state index in [1.54, 1.807) is 23.1 Å². The molecule has 2 aromatic heterocycles. The number of halogens is 1. The third-order valence-electron chi connectivity index (χ3n) is 6.31. The second-order valence-corrected chi connectivity index (χ2v) is 9.72. The number of thiophene rings is 1. The monoisotopic (exact) mass is 515 g/mol. The molecule has 0 unspecified atom stereocenters. The van der Waals surface area contributed by atoms with E-state index >= 15 is 0 Å². The summed E-state index contributed by atoms with van der Waals surface area (Å²) in [6, 6.07) is 23.4. The number of aromatic nitrogens is 2. The Balaban J connectivity index is 1.21. The second kappa shape index (κ2) is 11.3. The minimum atomic E-state index is -0.340. The zero-order valence-corrected chi connectivity index (χ0v) is 21.0. The van der Waals surface area contributed by atoms with Gasteiger partial charge in [-0.05, 0) is 41.3 Å². The van der Waals surface area contributed by atoms with Crippen molar-refractivity contribution in [3.63, 3.8) is 0 Å². The first-order valence-corrected chi connectivity index (χ1v) is 12.9. The maximum absolute atomic E-state index is 13.4. The number of rotatable bonds is 7. The molecule has 0 radical (unpaired) electrons. The highest BCUT2D eigenvalue weighted by Crippen LogP contribution is 2.20. The molecule has 9 heteroatoms.